The Morgan fingerprint density at radius 3 is 2.61 bits per heavy atom. The molecule has 0 spiro atoms. The number of nitrogens with zero attached hydrogens (tertiary/aromatic N) is 1. The number of fused-ring (bicyclic) bond motifs is 1. The molecule has 0 aliphatic carbocycles. The highest BCUT2D eigenvalue weighted by molar-refractivity contribution is 7.17. The third-order valence-electron chi connectivity index (χ3n) is 5.47. The van der Waals surface area contributed by atoms with Crippen LogP contribution in [0.5, 0.6) is 0 Å². The number of amides is 1. The molecule has 0 bridgehead atoms. The molecule has 0 fully saturated rings. The second-order valence-corrected chi connectivity index (χ2v) is 8.96. The molecule has 0 radical (unpaired) electrons. The maximum absolute atomic E-state index is 12.7. The lowest BCUT2D eigenvalue weighted by Gasteiger charge is -2.27. The lowest BCUT2D eigenvalue weighted by molar-refractivity contribution is -0.115. The number of thiophene rings is 1. The molecule has 4 rings (SSSR count). The fourth-order valence-electron chi connectivity index (χ4n) is 4.02. The van der Waals surface area contributed by atoms with Crippen LogP contribution in [-0.2, 0) is 35.5 Å². The number of anilines is 1. The SMILES string of the molecule is COC(=O)c1c(NC(=O)Cc2cccc(C)c2)sc2c1CCN(Cc1ccccc1)C2. The number of nitrogens with one attached hydrogen (secondary N) is 1. The topological polar surface area (TPSA) is 58.6 Å². The molecule has 31 heavy (non-hydrogen) atoms. The summed E-state index contributed by atoms with van der Waals surface area (Å²) in [6.45, 7) is 4.48. The molecule has 5 nitrogen and oxygen atoms in total. The van der Waals surface area contributed by atoms with E-state index in [4.69, 9.17) is 4.74 Å². The zero-order valence-electron chi connectivity index (χ0n) is 17.8. The summed E-state index contributed by atoms with van der Waals surface area (Å²) >= 11 is 1.49. The summed E-state index contributed by atoms with van der Waals surface area (Å²) in [6, 6.07) is 18.3. The quantitative estimate of drug-likeness (QED) is 0.577. The van der Waals surface area contributed by atoms with Crippen molar-refractivity contribution in [2.45, 2.75) is 32.9 Å². The summed E-state index contributed by atoms with van der Waals surface area (Å²) in [6.07, 6.45) is 1.03. The smallest absolute Gasteiger partial charge is 0.341 e. The number of esters is 1. The molecule has 0 atom stereocenters. The van der Waals surface area contributed by atoms with Crippen LogP contribution < -0.4 is 5.32 Å². The van der Waals surface area contributed by atoms with Gasteiger partial charge in [0.2, 0.25) is 5.91 Å². The van der Waals surface area contributed by atoms with Gasteiger partial charge < -0.3 is 10.1 Å². The number of carbonyl (C=O) groups is 2. The van der Waals surface area contributed by atoms with E-state index in [1.54, 1.807) is 0 Å². The van der Waals surface area contributed by atoms with Crippen LogP contribution in [0.3, 0.4) is 0 Å². The van der Waals surface area contributed by atoms with Crippen molar-refractivity contribution in [1.29, 1.82) is 0 Å². The zero-order valence-corrected chi connectivity index (χ0v) is 18.6. The van der Waals surface area contributed by atoms with E-state index in [9.17, 15) is 9.59 Å². The average molecular weight is 435 g/mol. The van der Waals surface area contributed by atoms with Crippen molar-refractivity contribution in [2.75, 3.05) is 19.0 Å². The third kappa shape index (κ3) is 5.03. The van der Waals surface area contributed by atoms with Crippen molar-refractivity contribution < 1.29 is 14.3 Å². The van der Waals surface area contributed by atoms with Crippen LogP contribution in [0, 0.1) is 6.92 Å². The Bertz CT molecular complexity index is 1090. The fraction of sp³-hybridized carbons (Fsp3) is 0.280. The molecule has 0 saturated carbocycles. The van der Waals surface area contributed by atoms with Gasteiger partial charge in [0.15, 0.2) is 0 Å². The van der Waals surface area contributed by atoms with Gasteiger partial charge in [-0.15, -0.1) is 11.3 Å². The summed E-state index contributed by atoms with van der Waals surface area (Å²) in [5.41, 5.74) is 4.85. The maximum Gasteiger partial charge on any atom is 0.341 e. The fourth-order valence-corrected chi connectivity index (χ4v) is 5.31. The van der Waals surface area contributed by atoms with Crippen molar-refractivity contribution >= 4 is 28.2 Å². The first-order valence-corrected chi connectivity index (χ1v) is 11.2. The van der Waals surface area contributed by atoms with Crippen molar-refractivity contribution in [2.24, 2.45) is 0 Å². The lowest BCUT2D eigenvalue weighted by Crippen LogP contribution is -2.29. The predicted octanol–water partition coefficient (Wildman–Crippen LogP) is 4.58. The Balaban J connectivity index is 1.53. The first kappa shape index (κ1) is 21.3. The standard InChI is InChI=1S/C25H26N2O3S/c1-17-7-6-10-19(13-17)14-22(28)26-24-23(25(29)30-2)20-11-12-27(16-21(20)31-24)15-18-8-4-3-5-9-18/h3-10,13H,11-12,14-16H2,1-2H3,(H,26,28). The summed E-state index contributed by atoms with van der Waals surface area (Å²) in [7, 11) is 1.38. The molecular weight excluding hydrogens is 408 g/mol. The molecule has 0 unspecified atom stereocenters. The third-order valence-corrected chi connectivity index (χ3v) is 6.61. The van der Waals surface area contributed by atoms with E-state index in [1.165, 1.54) is 24.0 Å². The Morgan fingerprint density at radius 1 is 1.10 bits per heavy atom. The zero-order chi connectivity index (χ0) is 21.8. The maximum atomic E-state index is 12.7. The molecule has 160 valence electrons. The van der Waals surface area contributed by atoms with E-state index in [2.05, 4.69) is 22.3 Å². The van der Waals surface area contributed by atoms with Gasteiger partial charge in [-0.3, -0.25) is 9.69 Å². The minimum Gasteiger partial charge on any atom is -0.465 e. The van der Waals surface area contributed by atoms with E-state index in [1.807, 2.05) is 49.4 Å². The van der Waals surface area contributed by atoms with Crippen LogP contribution in [0.1, 0.15) is 37.5 Å². The van der Waals surface area contributed by atoms with Crippen molar-refractivity contribution in [3.05, 3.63) is 87.3 Å². The predicted molar refractivity (Wildman–Crippen MR) is 123 cm³/mol. The van der Waals surface area contributed by atoms with Gasteiger partial charge in [0.1, 0.15) is 5.00 Å². The van der Waals surface area contributed by atoms with Crippen molar-refractivity contribution in [3.8, 4) is 0 Å². The summed E-state index contributed by atoms with van der Waals surface area (Å²) < 4.78 is 5.04. The van der Waals surface area contributed by atoms with Gasteiger partial charge in [0.05, 0.1) is 19.1 Å². The molecule has 1 N–H and O–H groups in total. The average Bonchev–Trinajstić information content (AvgIpc) is 3.10. The highest BCUT2D eigenvalue weighted by atomic mass is 32.1. The minimum atomic E-state index is -0.389. The second-order valence-electron chi connectivity index (χ2n) is 7.86. The van der Waals surface area contributed by atoms with Crippen LogP contribution in [0.15, 0.2) is 54.6 Å². The van der Waals surface area contributed by atoms with Gasteiger partial charge in [-0.2, -0.15) is 0 Å². The number of ether oxygens (including phenoxy) is 1. The van der Waals surface area contributed by atoms with Crippen LogP contribution in [0.4, 0.5) is 5.00 Å². The normalized spacial score (nSPS) is 13.5. The number of aryl methyl sites for hydroxylation is 1. The van der Waals surface area contributed by atoms with E-state index in [0.29, 0.717) is 10.6 Å². The summed E-state index contributed by atoms with van der Waals surface area (Å²) in [5.74, 6) is -0.518. The number of carbonyl (C=O) groups excluding carboxylic acids is 2. The van der Waals surface area contributed by atoms with E-state index in [0.717, 1.165) is 47.6 Å². The van der Waals surface area contributed by atoms with Gasteiger partial charge in [0, 0.05) is 24.5 Å². The number of hydrogen-bond acceptors (Lipinski definition) is 5. The van der Waals surface area contributed by atoms with Gasteiger partial charge in [-0.25, -0.2) is 4.79 Å². The van der Waals surface area contributed by atoms with E-state index >= 15 is 0 Å². The Labute approximate surface area is 186 Å². The highest BCUT2D eigenvalue weighted by Crippen LogP contribution is 2.38. The molecule has 1 amide bonds. The molecule has 1 aromatic heterocycles. The van der Waals surface area contributed by atoms with Crippen LogP contribution >= 0.6 is 11.3 Å². The lowest BCUT2D eigenvalue weighted by atomic mass is 10.0. The number of benzene rings is 2. The molecule has 2 aromatic carbocycles. The highest BCUT2D eigenvalue weighted by Gasteiger charge is 2.29. The van der Waals surface area contributed by atoms with Crippen LogP contribution in [0.25, 0.3) is 0 Å². The first-order chi connectivity index (χ1) is 15.0. The number of rotatable bonds is 6. The van der Waals surface area contributed by atoms with Gasteiger partial charge in [0.25, 0.3) is 0 Å². The number of methoxy groups -OCH3 is 1. The van der Waals surface area contributed by atoms with E-state index < -0.39 is 0 Å². The minimum absolute atomic E-state index is 0.129. The monoisotopic (exact) mass is 434 g/mol. The summed E-state index contributed by atoms with van der Waals surface area (Å²) in [4.78, 5) is 28.7. The Morgan fingerprint density at radius 2 is 1.87 bits per heavy atom. The largest absolute Gasteiger partial charge is 0.465 e. The molecule has 1 aliphatic heterocycles. The molecule has 2 heterocycles. The Hall–Kier alpha value is -2.96. The molecular formula is C25H26N2O3S. The van der Waals surface area contributed by atoms with Gasteiger partial charge in [-0.1, -0.05) is 60.2 Å². The van der Waals surface area contributed by atoms with Crippen LogP contribution in [-0.4, -0.2) is 30.4 Å². The van der Waals surface area contributed by atoms with Crippen molar-refractivity contribution in [3.63, 3.8) is 0 Å². The first-order valence-electron chi connectivity index (χ1n) is 10.4. The van der Waals surface area contributed by atoms with E-state index in [-0.39, 0.29) is 18.3 Å². The summed E-state index contributed by atoms with van der Waals surface area (Å²) in [5, 5.41) is 3.57. The number of hydrogen-bond donors (Lipinski definition) is 1. The van der Waals surface area contributed by atoms with Crippen LogP contribution in [0.2, 0.25) is 0 Å². The Kier molecular flexibility index (Phi) is 6.49. The molecule has 0 saturated heterocycles. The molecule has 1 aliphatic rings. The van der Waals surface area contributed by atoms with Gasteiger partial charge in [-0.05, 0) is 30.0 Å². The van der Waals surface area contributed by atoms with Crippen molar-refractivity contribution in [1.82, 2.24) is 4.90 Å². The van der Waals surface area contributed by atoms with Gasteiger partial charge >= 0.3 is 5.97 Å². The molecule has 6 heteroatoms. The molecule has 3 aromatic rings. The second kappa shape index (κ2) is 9.45.